The van der Waals surface area contributed by atoms with Gasteiger partial charge in [0.2, 0.25) is 0 Å². The van der Waals surface area contributed by atoms with Gasteiger partial charge < -0.3 is 9.64 Å². The first-order chi connectivity index (χ1) is 6.19. The summed E-state index contributed by atoms with van der Waals surface area (Å²) in [6, 6.07) is 1.88. The van der Waals surface area contributed by atoms with E-state index in [-0.39, 0.29) is 6.54 Å². The number of carbonyl (C=O) groups is 1. The minimum atomic E-state index is -1.25. The first-order valence-electron chi connectivity index (χ1n) is 4.05. The summed E-state index contributed by atoms with van der Waals surface area (Å²) < 4.78 is 17.6. The van der Waals surface area contributed by atoms with E-state index in [0.29, 0.717) is 13.0 Å². The van der Waals surface area contributed by atoms with Crippen LogP contribution in [-0.2, 0) is 4.74 Å². The van der Waals surface area contributed by atoms with E-state index in [4.69, 9.17) is 5.26 Å². The Bertz CT molecular complexity index is 239. The van der Waals surface area contributed by atoms with Crippen LogP contribution in [0.2, 0.25) is 0 Å². The number of rotatable bonds is 0. The van der Waals surface area contributed by atoms with E-state index in [2.05, 4.69) is 4.74 Å². The molecular weight excluding hydrogens is 175 g/mol. The van der Waals surface area contributed by atoms with E-state index in [1.165, 1.54) is 12.0 Å². The summed E-state index contributed by atoms with van der Waals surface area (Å²) in [7, 11) is 1.26. The molecule has 5 heteroatoms. The number of likely N-dealkylation sites (tertiary alicyclic amines) is 1. The molecule has 0 saturated carbocycles. The number of carbonyl (C=O) groups excluding carboxylic acids is 1. The first-order valence-corrected chi connectivity index (χ1v) is 4.05. The largest absolute Gasteiger partial charge is 0.453 e. The number of nitrogens with zero attached hydrogens (tertiary/aromatic N) is 2. The number of methoxy groups -OCH3 is 1. The zero-order valence-electron chi connectivity index (χ0n) is 7.36. The first kappa shape index (κ1) is 9.78. The lowest BCUT2D eigenvalue weighted by molar-refractivity contribution is 0.0788. The van der Waals surface area contributed by atoms with Crippen molar-refractivity contribution in [3.8, 4) is 6.07 Å². The molecule has 1 aliphatic heterocycles. The van der Waals surface area contributed by atoms with Gasteiger partial charge >= 0.3 is 6.09 Å². The van der Waals surface area contributed by atoms with E-state index in [0.717, 1.165) is 0 Å². The van der Waals surface area contributed by atoms with Crippen LogP contribution < -0.4 is 0 Å². The van der Waals surface area contributed by atoms with Crippen LogP contribution in [0.4, 0.5) is 9.18 Å². The maximum absolute atomic E-state index is 13.1. The van der Waals surface area contributed by atoms with Gasteiger partial charge in [0, 0.05) is 6.54 Å². The summed E-state index contributed by atoms with van der Waals surface area (Å²) in [4.78, 5) is 12.2. The highest BCUT2D eigenvalue weighted by molar-refractivity contribution is 5.67. The lowest BCUT2D eigenvalue weighted by Crippen LogP contribution is -2.44. The van der Waals surface area contributed by atoms with Gasteiger partial charge in [-0.05, 0) is 6.42 Å². The van der Waals surface area contributed by atoms with Crippen LogP contribution in [0.25, 0.3) is 0 Å². The predicted octanol–water partition coefficient (Wildman–Crippen LogP) is 0.936. The topological polar surface area (TPSA) is 53.3 Å². The second-order valence-corrected chi connectivity index (χ2v) is 2.96. The van der Waals surface area contributed by atoms with Crippen molar-refractivity contribution in [2.24, 2.45) is 5.92 Å². The number of hydrogen-bond donors (Lipinski definition) is 0. The molecule has 72 valence electrons. The molecule has 0 spiro atoms. The summed E-state index contributed by atoms with van der Waals surface area (Å²) in [6.07, 6.45) is -1.40. The number of alkyl halides is 1. The van der Waals surface area contributed by atoms with Gasteiger partial charge in [0.1, 0.15) is 6.17 Å². The number of hydrogen-bond acceptors (Lipinski definition) is 3. The number of nitriles is 1. The molecule has 0 radical (unpaired) electrons. The minimum Gasteiger partial charge on any atom is -0.453 e. The Morgan fingerprint density at radius 3 is 2.92 bits per heavy atom. The third-order valence-electron chi connectivity index (χ3n) is 2.14. The highest BCUT2D eigenvalue weighted by Gasteiger charge is 2.31. The van der Waals surface area contributed by atoms with Crippen molar-refractivity contribution in [3.05, 3.63) is 0 Å². The average Bonchev–Trinajstić information content (AvgIpc) is 2.16. The second-order valence-electron chi connectivity index (χ2n) is 2.96. The van der Waals surface area contributed by atoms with Crippen molar-refractivity contribution in [2.45, 2.75) is 12.6 Å². The van der Waals surface area contributed by atoms with E-state index < -0.39 is 18.2 Å². The Morgan fingerprint density at radius 1 is 1.77 bits per heavy atom. The zero-order valence-corrected chi connectivity index (χ0v) is 7.36. The van der Waals surface area contributed by atoms with Crippen LogP contribution in [0.1, 0.15) is 6.42 Å². The van der Waals surface area contributed by atoms with Crippen LogP contribution in [0, 0.1) is 17.2 Å². The number of halogens is 1. The fourth-order valence-electron chi connectivity index (χ4n) is 1.35. The molecule has 1 saturated heterocycles. The van der Waals surface area contributed by atoms with Gasteiger partial charge in [0.05, 0.1) is 25.6 Å². The van der Waals surface area contributed by atoms with Crippen LogP contribution in [0.3, 0.4) is 0 Å². The third-order valence-corrected chi connectivity index (χ3v) is 2.14. The van der Waals surface area contributed by atoms with Crippen molar-refractivity contribution < 1.29 is 13.9 Å². The lowest BCUT2D eigenvalue weighted by atomic mass is 9.97. The molecule has 1 amide bonds. The summed E-state index contributed by atoms with van der Waals surface area (Å²) in [5.74, 6) is -0.582. The van der Waals surface area contributed by atoms with Gasteiger partial charge in [0.25, 0.3) is 0 Å². The smallest absolute Gasteiger partial charge is 0.409 e. The van der Waals surface area contributed by atoms with E-state index in [1.807, 2.05) is 6.07 Å². The van der Waals surface area contributed by atoms with Crippen LogP contribution in [0.5, 0.6) is 0 Å². The highest BCUT2D eigenvalue weighted by atomic mass is 19.1. The quantitative estimate of drug-likeness (QED) is 0.565. The Balaban J connectivity index is 2.51. The van der Waals surface area contributed by atoms with Crippen LogP contribution in [-0.4, -0.2) is 37.4 Å². The van der Waals surface area contributed by atoms with Crippen molar-refractivity contribution in [1.82, 2.24) is 4.90 Å². The Labute approximate surface area is 75.9 Å². The average molecular weight is 186 g/mol. The molecule has 2 atom stereocenters. The number of ether oxygens (including phenoxy) is 1. The molecule has 1 aliphatic rings. The summed E-state index contributed by atoms with van der Waals surface area (Å²) in [6.45, 7) is 0.357. The summed E-state index contributed by atoms with van der Waals surface area (Å²) in [5.41, 5.74) is 0. The molecule has 0 aromatic carbocycles. The lowest BCUT2D eigenvalue weighted by Gasteiger charge is -2.30. The Hall–Kier alpha value is -1.31. The zero-order chi connectivity index (χ0) is 9.84. The van der Waals surface area contributed by atoms with Crippen molar-refractivity contribution in [2.75, 3.05) is 20.2 Å². The Morgan fingerprint density at radius 2 is 2.46 bits per heavy atom. The normalized spacial score (nSPS) is 27.9. The van der Waals surface area contributed by atoms with E-state index >= 15 is 0 Å². The van der Waals surface area contributed by atoms with Crippen LogP contribution >= 0.6 is 0 Å². The van der Waals surface area contributed by atoms with Gasteiger partial charge in [-0.15, -0.1) is 0 Å². The summed E-state index contributed by atoms with van der Waals surface area (Å²) in [5, 5.41) is 8.52. The van der Waals surface area contributed by atoms with Crippen LogP contribution in [0.15, 0.2) is 0 Å². The molecule has 0 N–H and O–H groups in total. The Kier molecular flexibility index (Phi) is 3.07. The summed E-state index contributed by atoms with van der Waals surface area (Å²) >= 11 is 0. The fourth-order valence-corrected chi connectivity index (χ4v) is 1.35. The van der Waals surface area contributed by atoms with Crippen molar-refractivity contribution in [1.29, 1.82) is 5.26 Å². The standard InChI is InChI=1S/C8H11FN2O2/c1-13-8(12)11-3-2-6(4-10)7(9)5-11/h6-7H,2-3,5H2,1H3/t6-,7+/m0/s1. The molecule has 4 nitrogen and oxygen atoms in total. The molecule has 1 fully saturated rings. The third kappa shape index (κ3) is 2.08. The highest BCUT2D eigenvalue weighted by Crippen LogP contribution is 2.19. The van der Waals surface area contributed by atoms with Gasteiger partial charge in [-0.25, -0.2) is 9.18 Å². The molecule has 0 aromatic heterocycles. The fraction of sp³-hybridized carbons (Fsp3) is 0.750. The number of amides is 1. The molecular formula is C8H11FN2O2. The maximum Gasteiger partial charge on any atom is 0.409 e. The van der Waals surface area contributed by atoms with Crippen molar-refractivity contribution >= 4 is 6.09 Å². The van der Waals surface area contributed by atoms with Gasteiger partial charge in [-0.1, -0.05) is 0 Å². The predicted molar refractivity (Wildman–Crippen MR) is 42.6 cm³/mol. The van der Waals surface area contributed by atoms with Gasteiger partial charge in [-0.2, -0.15) is 5.26 Å². The van der Waals surface area contributed by atoms with Gasteiger partial charge in [0.15, 0.2) is 0 Å². The van der Waals surface area contributed by atoms with Crippen molar-refractivity contribution in [3.63, 3.8) is 0 Å². The molecule has 0 unspecified atom stereocenters. The number of piperidine rings is 1. The molecule has 1 heterocycles. The van der Waals surface area contributed by atoms with E-state index in [9.17, 15) is 9.18 Å². The monoisotopic (exact) mass is 186 g/mol. The maximum atomic E-state index is 13.1. The molecule has 1 rings (SSSR count). The van der Waals surface area contributed by atoms with E-state index in [1.54, 1.807) is 0 Å². The molecule has 0 aliphatic carbocycles. The SMILES string of the molecule is COC(=O)N1CC[C@@H](C#N)[C@H](F)C1. The molecule has 0 aromatic rings. The molecule has 13 heavy (non-hydrogen) atoms. The molecule has 0 bridgehead atoms. The van der Waals surface area contributed by atoms with Gasteiger partial charge in [-0.3, -0.25) is 0 Å². The second kappa shape index (κ2) is 4.08. The minimum absolute atomic E-state index is 0.0368.